The number of hydrogen-bond acceptors (Lipinski definition) is 4. The molecule has 0 aromatic carbocycles. The van der Waals surface area contributed by atoms with Crippen molar-refractivity contribution in [1.82, 2.24) is 15.6 Å². The summed E-state index contributed by atoms with van der Waals surface area (Å²) in [6, 6.07) is 0.372. The smallest absolute Gasteiger partial charge is 0.191 e. The Kier molecular flexibility index (Phi) is 10.4. The Bertz CT molecular complexity index is 550. The van der Waals surface area contributed by atoms with Crippen LogP contribution in [0.4, 0.5) is 0 Å². The molecule has 1 aromatic heterocycles. The third kappa shape index (κ3) is 6.95. The zero-order valence-corrected chi connectivity index (χ0v) is 18.7. The van der Waals surface area contributed by atoms with Crippen molar-refractivity contribution >= 4 is 52.1 Å². The lowest BCUT2D eigenvalue weighted by Crippen LogP contribution is -2.47. The van der Waals surface area contributed by atoms with E-state index in [9.17, 15) is 4.21 Å². The van der Waals surface area contributed by atoms with E-state index in [0.717, 1.165) is 61.1 Å². The van der Waals surface area contributed by atoms with Gasteiger partial charge < -0.3 is 10.6 Å². The highest BCUT2D eigenvalue weighted by molar-refractivity contribution is 14.0. The number of nitrogens with one attached hydrogen (secondary N) is 2. The summed E-state index contributed by atoms with van der Waals surface area (Å²) < 4.78 is 12.0. The Hall–Kier alpha value is -0.220. The van der Waals surface area contributed by atoms with Crippen molar-refractivity contribution in [1.29, 1.82) is 0 Å². The van der Waals surface area contributed by atoms with Gasteiger partial charge in [0.05, 0.1) is 10.7 Å². The van der Waals surface area contributed by atoms with Crippen LogP contribution >= 0.6 is 35.3 Å². The SMILES string of the molecule is CCS(=O)C1CCCC(NC(=NC)NCCc2csc(C)n2)C1.I. The predicted molar refractivity (Wildman–Crippen MR) is 115 cm³/mol. The molecule has 0 spiro atoms. The molecule has 3 atom stereocenters. The van der Waals surface area contributed by atoms with Gasteiger partial charge in [0.25, 0.3) is 0 Å². The summed E-state index contributed by atoms with van der Waals surface area (Å²) in [6.45, 7) is 4.86. The van der Waals surface area contributed by atoms with Crippen molar-refractivity contribution < 1.29 is 4.21 Å². The molecular weight excluding hydrogens is 455 g/mol. The zero-order valence-electron chi connectivity index (χ0n) is 14.7. The number of hydrogen-bond donors (Lipinski definition) is 2. The Morgan fingerprint density at radius 2 is 2.29 bits per heavy atom. The monoisotopic (exact) mass is 484 g/mol. The van der Waals surface area contributed by atoms with E-state index in [-0.39, 0.29) is 24.0 Å². The molecule has 24 heavy (non-hydrogen) atoms. The van der Waals surface area contributed by atoms with Crippen molar-refractivity contribution in [3.8, 4) is 0 Å². The van der Waals surface area contributed by atoms with Crippen LogP contribution in [0.3, 0.4) is 0 Å². The first kappa shape index (κ1) is 21.8. The quantitative estimate of drug-likeness (QED) is 0.370. The van der Waals surface area contributed by atoms with Gasteiger partial charge in [-0.3, -0.25) is 9.20 Å². The van der Waals surface area contributed by atoms with E-state index in [1.807, 2.05) is 13.8 Å². The van der Waals surface area contributed by atoms with Gasteiger partial charge in [0.15, 0.2) is 5.96 Å². The highest BCUT2D eigenvalue weighted by atomic mass is 127. The van der Waals surface area contributed by atoms with Gasteiger partial charge in [0, 0.05) is 53.2 Å². The van der Waals surface area contributed by atoms with Crippen LogP contribution in [0.15, 0.2) is 10.4 Å². The van der Waals surface area contributed by atoms with Crippen molar-refractivity contribution in [3.05, 3.63) is 16.1 Å². The van der Waals surface area contributed by atoms with E-state index in [1.165, 1.54) is 0 Å². The number of thiazole rings is 1. The largest absolute Gasteiger partial charge is 0.356 e. The van der Waals surface area contributed by atoms with Gasteiger partial charge in [-0.15, -0.1) is 35.3 Å². The summed E-state index contributed by atoms with van der Waals surface area (Å²) in [7, 11) is 1.11. The summed E-state index contributed by atoms with van der Waals surface area (Å²) >= 11 is 1.69. The first-order valence-electron chi connectivity index (χ1n) is 8.37. The maximum atomic E-state index is 12.0. The van der Waals surface area contributed by atoms with Crippen LogP contribution < -0.4 is 10.6 Å². The second-order valence-electron chi connectivity index (χ2n) is 5.91. The molecule has 1 heterocycles. The topological polar surface area (TPSA) is 66.4 Å². The molecule has 0 bridgehead atoms. The van der Waals surface area contributed by atoms with Gasteiger partial charge in [-0.05, 0) is 26.2 Å². The summed E-state index contributed by atoms with van der Waals surface area (Å²) in [6.07, 6.45) is 5.24. The third-order valence-electron chi connectivity index (χ3n) is 4.19. The number of halogens is 1. The molecule has 5 nitrogen and oxygen atoms in total. The molecule has 3 unspecified atom stereocenters. The Labute approximate surface area is 169 Å². The van der Waals surface area contributed by atoms with Crippen molar-refractivity contribution in [2.75, 3.05) is 19.3 Å². The summed E-state index contributed by atoms with van der Waals surface area (Å²) in [4.78, 5) is 8.78. The van der Waals surface area contributed by atoms with E-state index in [0.29, 0.717) is 11.3 Å². The number of nitrogens with zero attached hydrogens (tertiary/aromatic N) is 2. The minimum absolute atomic E-state index is 0. The first-order valence-corrected chi connectivity index (χ1v) is 10.6. The van der Waals surface area contributed by atoms with E-state index in [4.69, 9.17) is 0 Å². The van der Waals surface area contributed by atoms with Crippen LogP contribution in [-0.2, 0) is 17.2 Å². The molecule has 1 aromatic rings. The minimum Gasteiger partial charge on any atom is -0.356 e. The zero-order chi connectivity index (χ0) is 16.7. The molecule has 0 saturated heterocycles. The van der Waals surface area contributed by atoms with Gasteiger partial charge in [-0.2, -0.15) is 0 Å². The predicted octanol–water partition coefficient (Wildman–Crippen LogP) is 2.86. The Morgan fingerprint density at radius 1 is 1.50 bits per heavy atom. The lowest BCUT2D eigenvalue weighted by atomic mass is 9.95. The fourth-order valence-corrected chi connectivity index (χ4v) is 4.97. The fourth-order valence-electron chi connectivity index (χ4n) is 2.97. The average Bonchev–Trinajstić information content (AvgIpc) is 2.98. The Balaban J connectivity index is 0.00000288. The van der Waals surface area contributed by atoms with E-state index in [2.05, 4.69) is 26.0 Å². The van der Waals surface area contributed by atoms with Crippen LogP contribution in [0.2, 0.25) is 0 Å². The van der Waals surface area contributed by atoms with Crippen LogP contribution in [-0.4, -0.2) is 45.8 Å². The van der Waals surface area contributed by atoms with Crippen molar-refractivity contribution in [2.45, 2.75) is 57.2 Å². The van der Waals surface area contributed by atoms with E-state index < -0.39 is 10.8 Å². The Morgan fingerprint density at radius 3 is 2.92 bits per heavy atom. The molecule has 138 valence electrons. The second kappa shape index (κ2) is 11.4. The number of aliphatic imine (C=N–C) groups is 1. The molecule has 0 radical (unpaired) electrons. The molecule has 1 saturated carbocycles. The van der Waals surface area contributed by atoms with Crippen LogP contribution in [0.1, 0.15) is 43.3 Å². The highest BCUT2D eigenvalue weighted by Crippen LogP contribution is 2.22. The molecule has 1 fully saturated rings. The van der Waals surface area contributed by atoms with Crippen LogP contribution in [0.25, 0.3) is 0 Å². The fraction of sp³-hybridized carbons (Fsp3) is 0.750. The van der Waals surface area contributed by atoms with Gasteiger partial charge in [-0.25, -0.2) is 4.98 Å². The summed E-state index contributed by atoms with van der Waals surface area (Å²) in [5, 5.41) is 10.4. The average molecular weight is 484 g/mol. The first-order chi connectivity index (χ1) is 11.1. The van der Waals surface area contributed by atoms with Gasteiger partial charge in [0.1, 0.15) is 0 Å². The number of aryl methyl sites for hydroxylation is 1. The van der Waals surface area contributed by atoms with Gasteiger partial charge in [-0.1, -0.05) is 13.3 Å². The van der Waals surface area contributed by atoms with Gasteiger partial charge >= 0.3 is 0 Å². The third-order valence-corrected chi connectivity index (χ3v) is 6.75. The lowest BCUT2D eigenvalue weighted by Gasteiger charge is -2.30. The van der Waals surface area contributed by atoms with E-state index in [1.54, 1.807) is 18.4 Å². The second-order valence-corrected chi connectivity index (χ2v) is 8.97. The summed E-state index contributed by atoms with van der Waals surface area (Å²) in [5.41, 5.74) is 1.13. The molecule has 1 aliphatic carbocycles. The van der Waals surface area contributed by atoms with Crippen molar-refractivity contribution in [2.24, 2.45) is 4.99 Å². The molecule has 8 heteroatoms. The van der Waals surface area contributed by atoms with Crippen LogP contribution in [0, 0.1) is 6.92 Å². The number of aromatic nitrogens is 1. The highest BCUT2D eigenvalue weighted by Gasteiger charge is 2.25. The summed E-state index contributed by atoms with van der Waals surface area (Å²) in [5.74, 6) is 1.60. The van der Waals surface area contributed by atoms with Gasteiger partial charge in [0.2, 0.25) is 0 Å². The van der Waals surface area contributed by atoms with Crippen molar-refractivity contribution in [3.63, 3.8) is 0 Å². The standard InChI is InChI=1S/C16H28N4OS2.HI/c1-4-23(21)15-7-5-6-13(10-15)20-16(17-3)18-9-8-14-11-22-12(2)19-14;/h11,13,15H,4-10H2,1-3H3,(H2,17,18,20);1H. The maximum absolute atomic E-state index is 12.0. The number of rotatable bonds is 6. The molecule has 0 aliphatic heterocycles. The van der Waals surface area contributed by atoms with E-state index >= 15 is 0 Å². The molecule has 0 amide bonds. The molecule has 2 rings (SSSR count). The minimum atomic E-state index is -0.686. The van der Waals surface area contributed by atoms with Crippen LogP contribution in [0.5, 0.6) is 0 Å². The number of guanidine groups is 1. The lowest BCUT2D eigenvalue weighted by molar-refractivity contribution is 0.413. The normalized spacial score (nSPS) is 22.5. The molecule has 2 N–H and O–H groups in total. The molecule has 1 aliphatic rings. The maximum Gasteiger partial charge on any atom is 0.191 e. The molecular formula is C16H29IN4OS2.